The third kappa shape index (κ3) is 13.0. The minimum Gasteiger partial charge on any atom is -0.550 e. The number of carboxylic acids is 1. The first-order valence-electron chi connectivity index (χ1n) is 13.4. The molecule has 1 saturated heterocycles. The van der Waals surface area contributed by atoms with Crippen LogP contribution in [0.25, 0.3) is 0 Å². The number of hydrogen-bond donors (Lipinski definition) is 3. The molecule has 1 fully saturated rings. The summed E-state index contributed by atoms with van der Waals surface area (Å²) in [7, 11) is 0. The Morgan fingerprint density at radius 1 is 0.800 bits per heavy atom. The molecule has 9 nitrogen and oxygen atoms in total. The van der Waals surface area contributed by atoms with Crippen molar-refractivity contribution in [3.8, 4) is 0 Å². The number of aliphatic hydroxyl groups excluding tert-OH is 3. The standard InChI is InChI=1S/C26H48O9/c1-4-6-8-10-12-14-19(16-21(27)28)34-22(29)17-20(15-13-11-9-7-5-2)35-26-25(32)24(31)23(30)18(3)33-26/h18-20,23-26,30-32H,4-17H2,1-3H3,(H,27,28)/p-1/t18?,19-,20-,23?,24?,25?,26?/m1/s1. The molecule has 7 atom stereocenters. The number of carbonyl (C=O) groups is 2. The molecule has 0 spiro atoms. The monoisotopic (exact) mass is 503 g/mol. The maximum Gasteiger partial charge on any atom is 0.308 e. The molecule has 0 aromatic carbocycles. The highest BCUT2D eigenvalue weighted by atomic mass is 16.7. The van der Waals surface area contributed by atoms with E-state index in [1.165, 1.54) is 0 Å². The molecule has 9 heteroatoms. The Morgan fingerprint density at radius 2 is 1.34 bits per heavy atom. The first-order chi connectivity index (χ1) is 16.7. The van der Waals surface area contributed by atoms with Gasteiger partial charge in [0.25, 0.3) is 0 Å². The van der Waals surface area contributed by atoms with E-state index in [4.69, 9.17) is 14.2 Å². The predicted molar refractivity (Wildman–Crippen MR) is 128 cm³/mol. The quantitative estimate of drug-likeness (QED) is 0.179. The van der Waals surface area contributed by atoms with Gasteiger partial charge in [0.05, 0.1) is 18.6 Å². The van der Waals surface area contributed by atoms with E-state index in [2.05, 4.69) is 13.8 Å². The van der Waals surface area contributed by atoms with Crippen LogP contribution in [0.4, 0.5) is 0 Å². The number of aliphatic carboxylic acids is 1. The summed E-state index contributed by atoms with van der Waals surface area (Å²) in [6.07, 6.45) is 3.00. The molecule has 0 radical (unpaired) electrons. The normalized spacial score (nSPS) is 26.3. The molecule has 1 rings (SSSR count). The number of esters is 1. The number of ether oxygens (including phenoxy) is 3. The zero-order valence-electron chi connectivity index (χ0n) is 21.7. The fourth-order valence-corrected chi connectivity index (χ4v) is 4.29. The molecule has 0 saturated carbocycles. The number of aliphatic hydroxyl groups is 3. The fourth-order valence-electron chi connectivity index (χ4n) is 4.29. The van der Waals surface area contributed by atoms with E-state index in [1.807, 2.05) is 0 Å². The van der Waals surface area contributed by atoms with E-state index in [9.17, 15) is 30.0 Å². The van der Waals surface area contributed by atoms with Gasteiger partial charge in [-0.1, -0.05) is 71.6 Å². The Hall–Kier alpha value is -1.26. The van der Waals surface area contributed by atoms with Gasteiger partial charge in [-0.3, -0.25) is 4.79 Å². The Balaban J connectivity index is 2.72. The number of carbonyl (C=O) groups excluding carboxylic acids is 2. The zero-order valence-corrected chi connectivity index (χ0v) is 21.7. The first kappa shape index (κ1) is 31.8. The molecule has 3 N–H and O–H groups in total. The molecule has 0 aliphatic carbocycles. The van der Waals surface area contributed by atoms with E-state index in [-0.39, 0.29) is 12.8 Å². The minimum atomic E-state index is -1.46. The van der Waals surface area contributed by atoms with E-state index in [1.54, 1.807) is 6.92 Å². The second-order valence-corrected chi connectivity index (χ2v) is 9.74. The lowest BCUT2D eigenvalue weighted by atomic mass is 9.99. The summed E-state index contributed by atoms with van der Waals surface area (Å²) in [5, 5.41) is 41.4. The molecule has 1 aliphatic heterocycles. The van der Waals surface area contributed by atoms with Gasteiger partial charge in [0.15, 0.2) is 6.29 Å². The van der Waals surface area contributed by atoms with Crippen LogP contribution < -0.4 is 5.11 Å². The highest BCUT2D eigenvalue weighted by molar-refractivity contribution is 5.71. The van der Waals surface area contributed by atoms with Gasteiger partial charge in [-0.15, -0.1) is 0 Å². The van der Waals surface area contributed by atoms with Gasteiger partial charge in [0.2, 0.25) is 0 Å². The lowest BCUT2D eigenvalue weighted by Gasteiger charge is -2.40. The lowest BCUT2D eigenvalue weighted by Crippen LogP contribution is -2.58. The molecule has 0 bridgehead atoms. The highest BCUT2D eigenvalue weighted by Gasteiger charge is 2.43. The van der Waals surface area contributed by atoms with Crippen LogP contribution in [0, 0.1) is 0 Å². The number of carboxylic acid groups (broad SMARTS) is 1. The third-order valence-electron chi connectivity index (χ3n) is 6.48. The summed E-state index contributed by atoms with van der Waals surface area (Å²) < 4.78 is 16.9. The molecule has 1 aliphatic rings. The molecule has 35 heavy (non-hydrogen) atoms. The Kier molecular flexibility index (Phi) is 16.4. The summed E-state index contributed by atoms with van der Waals surface area (Å²) in [4.78, 5) is 23.9. The summed E-state index contributed by atoms with van der Waals surface area (Å²) >= 11 is 0. The van der Waals surface area contributed by atoms with Crippen LogP contribution >= 0.6 is 0 Å². The smallest absolute Gasteiger partial charge is 0.308 e. The van der Waals surface area contributed by atoms with Crippen LogP contribution in [0.15, 0.2) is 0 Å². The van der Waals surface area contributed by atoms with E-state index in [0.29, 0.717) is 12.8 Å². The average molecular weight is 504 g/mol. The molecule has 0 amide bonds. The maximum absolute atomic E-state index is 12.7. The predicted octanol–water partition coefficient (Wildman–Crippen LogP) is 2.36. The Labute approximate surface area is 210 Å². The second kappa shape index (κ2) is 18.1. The summed E-state index contributed by atoms with van der Waals surface area (Å²) in [6.45, 7) is 5.80. The summed E-state index contributed by atoms with van der Waals surface area (Å²) in [6, 6.07) is 0. The Bertz CT molecular complexity index is 585. The number of hydrogen-bond acceptors (Lipinski definition) is 9. The average Bonchev–Trinajstić information content (AvgIpc) is 2.80. The van der Waals surface area contributed by atoms with Gasteiger partial charge >= 0.3 is 5.97 Å². The van der Waals surface area contributed by atoms with Crippen molar-refractivity contribution >= 4 is 11.9 Å². The van der Waals surface area contributed by atoms with Crippen molar-refractivity contribution in [1.29, 1.82) is 0 Å². The van der Waals surface area contributed by atoms with Gasteiger partial charge in [-0.05, 0) is 26.2 Å². The molecule has 0 aromatic rings. The first-order valence-corrected chi connectivity index (χ1v) is 13.4. The van der Waals surface area contributed by atoms with Crippen LogP contribution in [0.2, 0.25) is 0 Å². The summed E-state index contributed by atoms with van der Waals surface area (Å²) in [5.74, 6) is -1.84. The van der Waals surface area contributed by atoms with E-state index < -0.39 is 54.9 Å². The van der Waals surface area contributed by atoms with Crippen LogP contribution in [0.1, 0.15) is 111 Å². The molecule has 5 unspecified atom stereocenters. The van der Waals surface area contributed by atoms with Crippen LogP contribution in [-0.2, 0) is 23.8 Å². The van der Waals surface area contributed by atoms with Crippen molar-refractivity contribution in [2.45, 2.75) is 154 Å². The van der Waals surface area contributed by atoms with Crippen LogP contribution in [-0.4, -0.2) is 70.2 Å². The third-order valence-corrected chi connectivity index (χ3v) is 6.48. The highest BCUT2D eigenvalue weighted by Crippen LogP contribution is 2.25. The molecule has 1 heterocycles. The number of rotatable bonds is 19. The van der Waals surface area contributed by atoms with Crippen molar-refractivity contribution in [3.63, 3.8) is 0 Å². The van der Waals surface area contributed by atoms with Crippen molar-refractivity contribution in [3.05, 3.63) is 0 Å². The Morgan fingerprint density at radius 3 is 1.89 bits per heavy atom. The SMILES string of the molecule is CCCCCCC[C@H](CC(=O)[O-])OC(=O)C[C@@H](CCCCCCC)OC1OC(C)C(O)C(O)C1O. The van der Waals surface area contributed by atoms with Crippen molar-refractivity contribution < 1.29 is 44.2 Å². The summed E-state index contributed by atoms with van der Waals surface area (Å²) in [5.41, 5.74) is 0. The molecular formula is C26H47O9-. The van der Waals surface area contributed by atoms with E-state index in [0.717, 1.165) is 64.2 Å². The molecular weight excluding hydrogens is 456 g/mol. The van der Waals surface area contributed by atoms with Crippen molar-refractivity contribution in [2.75, 3.05) is 0 Å². The molecule has 206 valence electrons. The topological polar surface area (TPSA) is 146 Å². The maximum atomic E-state index is 12.7. The van der Waals surface area contributed by atoms with Crippen LogP contribution in [0.3, 0.4) is 0 Å². The van der Waals surface area contributed by atoms with Gasteiger partial charge < -0.3 is 39.4 Å². The fraction of sp³-hybridized carbons (Fsp3) is 0.923. The van der Waals surface area contributed by atoms with Crippen LogP contribution in [0.5, 0.6) is 0 Å². The lowest BCUT2D eigenvalue weighted by molar-refractivity contribution is -0.307. The van der Waals surface area contributed by atoms with Gasteiger partial charge in [-0.2, -0.15) is 0 Å². The molecule has 0 aromatic heterocycles. The van der Waals surface area contributed by atoms with Crippen molar-refractivity contribution in [2.24, 2.45) is 0 Å². The van der Waals surface area contributed by atoms with Crippen molar-refractivity contribution in [1.82, 2.24) is 0 Å². The number of unbranched alkanes of at least 4 members (excludes halogenated alkanes) is 8. The second-order valence-electron chi connectivity index (χ2n) is 9.74. The van der Waals surface area contributed by atoms with Gasteiger partial charge in [0, 0.05) is 12.4 Å². The largest absolute Gasteiger partial charge is 0.550 e. The minimum absolute atomic E-state index is 0.132. The zero-order chi connectivity index (χ0) is 26.2. The van der Waals surface area contributed by atoms with Gasteiger partial charge in [-0.25, -0.2) is 0 Å². The van der Waals surface area contributed by atoms with Gasteiger partial charge in [0.1, 0.15) is 24.4 Å². The van der Waals surface area contributed by atoms with E-state index >= 15 is 0 Å².